The van der Waals surface area contributed by atoms with Gasteiger partial charge in [0.25, 0.3) is 0 Å². The molecule has 5 aromatic rings. The van der Waals surface area contributed by atoms with Crippen LogP contribution in [0, 0.1) is 0 Å². The van der Waals surface area contributed by atoms with Crippen LogP contribution in [0.25, 0.3) is 22.8 Å². The van der Waals surface area contributed by atoms with Crippen LogP contribution in [0.3, 0.4) is 0 Å². The Bertz CT molecular complexity index is 1300. The molecule has 0 bridgehead atoms. The Kier molecular flexibility index (Phi) is 6.13. The molecule has 158 valence electrons. The number of rotatable bonds is 6. The second-order valence-electron chi connectivity index (χ2n) is 7.95. The molecule has 0 saturated carbocycles. The van der Waals surface area contributed by atoms with Crippen molar-refractivity contribution in [3.05, 3.63) is 156 Å². The molecule has 0 fully saturated rings. The van der Waals surface area contributed by atoms with E-state index in [1.807, 2.05) is 18.2 Å². The molecule has 0 radical (unpaired) electrons. The first-order chi connectivity index (χ1) is 16.4. The minimum atomic E-state index is 1.08. The van der Waals surface area contributed by atoms with Crippen LogP contribution < -0.4 is 5.32 Å². The summed E-state index contributed by atoms with van der Waals surface area (Å²) in [5.74, 6) is 0. The minimum absolute atomic E-state index is 1.08. The fraction of sp³-hybridized carbons (Fsp3) is 0. The van der Waals surface area contributed by atoms with Gasteiger partial charge in [0.2, 0.25) is 0 Å². The van der Waals surface area contributed by atoms with Gasteiger partial charge in [-0.2, -0.15) is 0 Å². The molecule has 0 saturated heterocycles. The predicted octanol–water partition coefficient (Wildman–Crippen LogP) is 8.69. The lowest BCUT2D eigenvalue weighted by Crippen LogP contribution is -1.94. The van der Waals surface area contributed by atoms with Crippen molar-refractivity contribution in [1.29, 1.82) is 0 Å². The third-order valence-electron chi connectivity index (χ3n) is 5.66. The molecule has 0 heterocycles. The van der Waals surface area contributed by atoms with Gasteiger partial charge in [0.05, 0.1) is 0 Å². The van der Waals surface area contributed by atoms with E-state index in [9.17, 15) is 0 Å². The van der Waals surface area contributed by atoms with Gasteiger partial charge in [-0.15, -0.1) is 0 Å². The molecule has 5 aromatic carbocycles. The first-order valence-corrected chi connectivity index (χ1v) is 11.2. The number of para-hydroxylation sites is 1. The van der Waals surface area contributed by atoms with Crippen LogP contribution in [0.1, 0.15) is 16.7 Å². The van der Waals surface area contributed by atoms with Crippen LogP contribution in [0.2, 0.25) is 0 Å². The van der Waals surface area contributed by atoms with Gasteiger partial charge in [-0.1, -0.05) is 115 Å². The van der Waals surface area contributed by atoms with Crippen molar-refractivity contribution in [1.82, 2.24) is 0 Å². The molecule has 0 spiro atoms. The summed E-state index contributed by atoms with van der Waals surface area (Å²) in [4.78, 5) is 0. The molecule has 0 aromatic heterocycles. The summed E-state index contributed by atoms with van der Waals surface area (Å²) in [5.41, 5.74) is 9.31. The minimum Gasteiger partial charge on any atom is -0.355 e. The van der Waals surface area contributed by atoms with Gasteiger partial charge in [0.1, 0.15) is 0 Å². The predicted molar refractivity (Wildman–Crippen MR) is 141 cm³/mol. The number of hydrogen-bond acceptors (Lipinski definition) is 1. The van der Waals surface area contributed by atoms with E-state index < -0.39 is 0 Å². The molecule has 33 heavy (non-hydrogen) atoms. The maximum Gasteiger partial charge on any atom is 0.0464 e. The monoisotopic (exact) mass is 423 g/mol. The summed E-state index contributed by atoms with van der Waals surface area (Å²) in [5, 5.41) is 3.59. The maximum absolute atomic E-state index is 3.59. The van der Waals surface area contributed by atoms with Crippen molar-refractivity contribution in [2.24, 2.45) is 0 Å². The van der Waals surface area contributed by atoms with E-state index >= 15 is 0 Å². The van der Waals surface area contributed by atoms with Crippen molar-refractivity contribution in [2.75, 3.05) is 5.32 Å². The summed E-state index contributed by atoms with van der Waals surface area (Å²) in [6.07, 6.45) is 2.28. The first-order valence-electron chi connectivity index (χ1n) is 11.2. The number of hydrogen-bond donors (Lipinski definition) is 1. The summed E-state index contributed by atoms with van der Waals surface area (Å²) < 4.78 is 0. The van der Waals surface area contributed by atoms with Crippen molar-refractivity contribution >= 4 is 23.0 Å². The van der Waals surface area contributed by atoms with Crippen LogP contribution in [0.4, 0.5) is 11.4 Å². The highest BCUT2D eigenvalue weighted by molar-refractivity contribution is 5.93. The Morgan fingerprint density at radius 2 is 1.03 bits per heavy atom. The Labute approximate surface area is 195 Å². The Hall–Kier alpha value is -4.36. The molecule has 1 heteroatoms. The largest absolute Gasteiger partial charge is 0.355 e. The molecular formula is C32H25N. The van der Waals surface area contributed by atoms with E-state index in [-0.39, 0.29) is 0 Å². The van der Waals surface area contributed by atoms with Gasteiger partial charge in [0.15, 0.2) is 0 Å². The first kappa shape index (κ1) is 20.5. The van der Waals surface area contributed by atoms with Gasteiger partial charge < -0.3 is 5.32 Å². The third kappa shape index (κ3) is 4.94. The van der Waals surface area contributed by atoms with Gasteiger partial charge in [-0.05, 0) is 58.2 Å². The Morgan fingerprint density at radius 1 is 0.515 bits per heavy atom. The Morgan fingerprint density at radius 3 is 1.61 bits per heavy atom. The average Bonchev–Trinajstić information content (AvgIpc) is 2.90. The van der Waals surface area contributed by atoms with Crippen LogP contribution in [-0.2, 0) is 0 Å². The van der Waals surface area contributed by atoms with Crippen LogP contribution in [-0.4, -0.2) is 0 Å². The zero-order valence-corrected chi connectivity index (χ0v) is 18.4. The molecule has 0 unspecified atom stereocenters. The van der Waals surface area contributed by atoms with E-state index in [1.54, 1.807) is 0 Å². The fourth-order valence-electron chi connectivity index (χ4n) is 4.03. The van der Waals surface area contributed by atoms with Crippen LogP contribution in [0.15, 0.2) is 140 Å². The molecule has 0 aliphatic heterocycles. The highest BCUT2D eigenvalue weighted by atomic mass is 14.9. The Balaban J connectivity index is 1.62. The molecule has 0 aliphatic carbocycles. The lowest BCUT2D eigenvalue weighted by Gasteiger charge is -2.15. The molecule has 5 rings (SSSR count). The highest BCUT2D eigenvalue weighted by Crippen LogP contribution is 2.33. The van der Waals surface area contributed by atoms with E-state index in [4.69, 9.17) is 0 Å². The molecule has 0 aliphatic rings. The van der Waals surface area contributed by atoms with Crippen molar-refractivity contribution in [3.8, 4) is 11.1 Å². The quantitative estimate of drug-likeness (QED) is 0.269. The van der Waals surface area contributed by atoms with Crippen LogP contribution in [0.5, 0.6) is 0 Å². The zero-order chi connectivity index (χ0) is 22.3. The standard InChI is InChI=1S/C32H25N/c1-5-13-26(14-6-1)30(27-15-7-2-8-16-27)23-25-21-22-32(33-29-19-11-4-12-20-29)31(24-25)28-17-9-3-10-18-28/h1-24,33H. The van der Waals surface area contributed by atoms with Gasteiger partial charge >= 0.3 is 0 Å². The molecule has 1 nitrogen and oxygen atoms in total. The maximum atomic E-state index is 3.59. The second-order valence-corrected chi connectivity index (χ2v) is 7.95. The SMILES string of the molecule is C(=C(c1ccccc1)c1ccccc1)c1ccc(Nc2ccccc2)c(-c2ccccc2)c1. The number of nitrogens with one attached hydrogen (secondary N) is 1. The lowest BCUT2D eigenvalue weighted by atomic mass is 9.94. The number of benzene rings is 5. The normalized spacial score (nSPS) is 10.4. The fourth-order valence-corrected chi connectivity index (χ4v) is 4.03. The van der Waals surface area contributed by atoms with Gasteiger partial charge in [0, 0.05) is 16.9 Å². The van der Waals surface area contributed by atoms with E-state index in [1.165, 1.54) is 27.8 Å². The molecule has 0 atom stereocenters. The number of anilines is 2. The van der Waals surface area contributed by atoms with Gasteiger partial charge in [-0.3, -0.25) is 0 Å². The van der Waals surface area contributed by atoms with Gasteiger partial charge in [-0.25, -0.2) is 0 Å². The molecule has 1 N–H and O–H groups in total. The second kappa shape index (κ2) is 9.84. The van der Waals surface area contributed by atoms with E-state index in [0.717, 1.165) is 16.9 Å². The van der Waals surface area contributed by atoms with Crippen LogP contribution >= 0.6 is 0 Å². The third-order valence-corrected chi connectivity index (χ3v) is 5.66. The van der Waals surface area contributed by atoms with Crippen molar-refractivity contribution in [2.45, 2.75) is 0 Å². The highest BCUT2D eigenvalue weighted by Gasteiger charge is 2.09. The van der Waals surface area contributed by atoms with Crippen molar-refractivity contribution in [3.63, 3.8) is 0 Å². The van der Waals surface area contributed by atoms with E-state index in [0.29, 0.717) is 0 Å². The summed E-state index contributed by atoms with van der Waals surface area (Å²) >= 11 is 0. The average molecular weight is 424 g/mol. The van der Waals surface area contributed by atoms with Crippen molar-refractivity contribution < 1.29 is 0 Å². The summed E-state index contributed by atoms with van der Waals surface area (Å²) in [7, 11) is 0. The smallest absolute Gasteiger partial charge is 0.0464 e. The topological polar surface area (TPSA) is 12.0 Å². The lowest BCUT2D eigenvalue weighted by molar-refractivity contribution is 1.52. The molecular weight excluding hydrogens is 398 g/mol. The van der Waals surface area contributed by atoms with E-state index in [2.05, 4.69) is 133 Å². The molecule has 0 amide bonds. The summed E-state index contributed by atoms with van der Waals surface area (Å²) in [6, 6.07) is 48.7. The summed E-state index contributed by atoms with van der Waals surface area (Å²) in [6.45, 7) is 0. The zero-order valence-electron chi connectivity index (χ0n) is 18.4.